The molecule has 1 aromatic heterocycles. The van der Waals surface area contributed by atoms with Gasteiger partial charge < -0.3 is 4.57 Å². The fourth-order valence-corrected chi connectivity index (χ4v) is 4.35. The molecule has 1 unspecified atom stereocenters. The predicted octanol–water partition coefficient (Wildman–Crippen LogP) is 4.68. The first-order chi connectivity index (χ1) is 11.4. The normalized spacial score (nSPS) is 19.0. The molecule has 3 nitrogen and oxygen atoms in total. The van der Waals surface area contributed by atoms with E-state index in [0.29, 0.717) is 29.4 Å². The molecule has 4 rings (SSSR count). The van der Waals surface area contributed by atoms with Crippen LogP contribution in [0.5, 0.6) is 0 Å². The Morgan fingerprint density at radius 1 is 0.958 bits per heavy atom. The summed E-state index contributed by atoms with van der Waals surface area (Å²) < 4.78 is 2.25. The number of nitrogens with zero attached hydrogens (tertiary/aromatic N) is 1. The van der Waals surface area contributed by atoms with Gasteiger partial charge in [-0.25, -0.2) is 0 Å². The van der Waals surface area contributed by atoms with E-state index in [1.807, 2.05) is 24.3 Å². The van der Waals surface area contributed by atoms with E-state index in [1.54, 1.807) is 0 Å². The van der Waals surface area contributed by atoms with Crippen molar-refractivity contribution < 1.29 is 9.59 Å². The average Bonchev–Trinajstić information content (AvgIpc) is 3.02. The molecule has 0 saturated heterocycles. The van der Waals surface area contributed by atoms with Gasteiger partial charge in [-0.2, -0.15) is 0 Å². The molecule has 24 heavy (non-hydrogen) atoms. The summed E-state index contributed by atoms with van der Waals surface area (Å²) in [5.74, 6) is 0.998. The Kier molecular flexibility index (Phi) is 3.31. The predicted molar refractivity (Wildman–Crippen MR) is 94.7 cm³/mol. The zero-order chi connectivity index (χ0) is 17.2. The first-order valence-electron chi connectivity index (χ1n) is 8.86. The molecule has 2 aliphatic carbocycles. The van der Waals surface area contributed by atoms with Crippen molar-refractivity contribution in [3.63, 3.8) is 0 Å². The van der Waals surface area contributed by atoms with E-state index in [-0.39, 0.29) is 17.6 Å². The quantitative estimate of drug-likeness (QED) is 0.687. The fourth-order valence-electron chi connectivity index (χ4n) is 4.35. The molecule has 1 aromatic carbocycles. The summed E-state index contributed by atoms with van der Waals surface area (Å²) in [6.07, 6.45) is 1.45. The highest BCUT2D eigenvalue weighted by molar-refractivity contribution is 6.26. The lowest BCUT2D eigenvalue weighted by atomic mass is 9.79. The van der Waals surface area contributed by atoms with Crippen LogP contribution < -0.4 is 0 Å². The van der Waals surface area contributed by atoms with Gasteiger partial charge in [0.1, 0.15) is 0 Å². The van der Waals surface area contributed by atoms with Crippen molar-refractivity contribution in [2.24, 2.45) is 11.8 Å². The number of rotatable bonds is 2. The Morgan fingerprint density at radius 2 is 1.62 bits per heavy atom. The van der Waals surface area contributed by atoms with Gasteiger partial charge in [-0.1, -0.05) is 38.1 Å². The van der Waals surface area contributed by atoms with Crippen LogP contribution in [0.1, 0.15) is 72.1 Å². The minimum atomic E-state index is 0.0209. The summed E-state index contributed by atoms with van der Waals surface area (Å²) in [5, 5.41) is 0. The first-order valence-corrected chi connectivity index (χ1v) is 8.86. The SMILES string of the molecule is CC(C)C1CC(=O)c2c3c(n(C(C)C)c2C1)-c1ccccc1C3=O. The van der Waals surface area contributed by atoms with Crippen LogP contribution in [0.4, 0.5) is 0 Å². The number of hydrogen-bond donors (Lipinski definition) is 0. The molecule has 0 bridgehead atoms. The van der Waals surface area contributed by atoms with Crippen LogP contribution in [0.15, 0.2) is 24.3 Å². The Hall–Kier alpha value is -2.16. The van der Waals surface area contributed by atoms with Crippen LogP contribution in [-0.2, 0) is 6.42 Å². The zero-order valence-electron chi connectivity index (χ0n) is 14.7. The van der Waals surface area contributed by atoms with Crippen molar-refractivity contribution in [2.75, 3.05) is 0 Å². The Labute approximate surface area is 142 Å². The number of aromatic nitrogens is 1. The second-order valence-electron chi connectivity index (χ2n) is 7.72. The lowest BCUT2D eigenvalue weighted by Gasteiger charge is -2.28. The summed E-state index contributed by atoms with van der Waals surface area (Å²) in [7, 11) is 0. The van der Waals surface area contributed by atoms with Crippen molar-refractivity contribution in [2.45, 2.75) is 46.6 Å². The Balaban J connectivity index is 2.03. The highest BCUT2D eigenvalue weighted by atomic mass is 16.1. The van der Waals surface area contributed by atoms with Crippen LogP contribution in [0.25, 0.3) is 11.3 Å². The summed E-state index contributed by atoms with van der Waals surface area (Å²) >= 11 is 0. The zero-order valence-corrected chi connectivity index (χ0v) is 14.7. The van der Waals surface area contributed by atoms with Crippen LogP contribution in [0, 0.1) is 11.8 Å². The third-order valence-corrected chi connectivity index (χ3v) is 5.60. The van der Waals surface area contributed by atoms with E-state index in [2.05, 4.69) is 32.3 Å². The largest absolute Gasteiger partial charge is 0.341 e. The molecule has 0 radical (unpaired) electrons. The van der Waals surface area contributed by atoms with Gasteiger partial charge in [0.2, 0.25) is 0 Å². The Morgan fingerprint density at radius 3 is 2.25 bits per heavy atom. The standard InChI is InChI=1S/C21H23NO2/c1-11(2)13-9-16-18(17(23)10-13)19-20(22(16)12(3)4)14-7-5-6-8-15(14)21(19)24/h5-8,11-13H,9-10H2,1-4H3. The van der Waals surface area contributed by atoms with Gasteiger partial charge in [0.05, 0.1) is 16.8 Å². The minimum Gasteiger partial charge on any atom is -0.341 e. The maximum absolute atomic E-state index is 13.0. The van der Waals surface area contributed by atoms with Crippen molar-refractivity contribution >= 4 is 11.6 Å². The third-order valence-electron chi connectivity index (χ3n) is 5.60. The first kappa shape index (κ1) is 15.4. The maximum Gasteiger partial charge on any atom is 0.196 e. The molecule has 2 aromatic rings. The molecule has 0 saturated carbocycles. The molecular weight excluding hydrogens is 298 g/mol. The highest BCUT2D eigenvalue weighted by Gasteiger charge is 2.41. The van der Waals surface area contributed by atoms with Gasteiger partial charge in [0.15, 0.2) is 11.6 Å². The van der Waals surface area contributed by atoms with Crippen molar-refractivity contribution in [1.82, 2.24) is 4.57 Å². The van der Waals surface area contributed by atoms with Gasteiger partial charge in [-0.15, -0.1) is 0 Å². The molecule has 1 heterocycles. The van der Waals surface area contributed by atoms with E-state index in [4.69, 9.17) is 0 Å². The Bertz CT molecular complexity index is 870. The molecule has 1 atom stereocenters. The topological polar surface area (TPSA) is 39.1 Å². The van der Waals surface area contributed by atoms with Gasteiger partial charge >= 0.3 is 0 Å². The number of fused-ring (bicyclic) bond motifs is 5. The average molecular weight is 321 g/mol. The molecule has 0 amide bonds. The highest BCUT2D eigenvalue weighted by Crippen LogP contribution is 2.46. The number of benzene rings is 1. The molecule has 0 aliphatic heterocycles. The van der Waals surface area contributed by atoms with E-state index in [1.165, 1.54) is 0 Å². The van der Waals surface area contributed by atoms with Crippen molar-refractivity contribution in [1.29, 1.82) is 0 Å². The van der Waals surface area contributed by atoms with Crippen LogP contribution in [-0.4, -0.2) is 16.1 Å². The lowest BCUT2D eigenvalue weighted by molar-refractivity contribution is 0.0922. The van der Waals surface area contributed by atoms with Crippen molar-refractivity contribution in [3.8, 4) is 11.3 Å². The molecule has 0 fully saturated rings. The molecule has 0 N–H and O–H groups in total. The van der Waals surface area contributed by atoms with Gasteiger partial charge in [-0.05, 0) is 32.1 Å². The minimum absolute atomic E-state index is 0.0209. The molecule has 3 heteroatoms. The molecular formula is C21H23NO2. The molecule has 2 aliphatic rings. The summed E-state index contributed by atoms with van der Waals surface area (Å²) in [4.78, 5) is 25.9. The lowest BCUT2D eigenvalue weighted by Crippen LogP contribution is -2.26. The number of carbonyl (C=O) groups is 2. The number of carbonyl (C=O) groups excluding carboxylic acids is 2. The van der Waals surface area contributed by atoms with E-state index >= 15 is 0 Å². The number of ketones is 2. The molecule has 0 spiro atoms. The second-order valence-corrected chi connectivity index (χ2v) is 7.72. The van der Waals surface area contributed by atoms with Crippen molar-refractivity contribution in [3.05, 3.63) is 46.6 Å². The van der Waals surface area contributed by atoms with E-state index in [0.717, 1.165) is 28.9 Å². The second kappa shape index (κ2) is 5.17. The molecule has 124 valence electrons. The summed E-state index contributed by atoms with van der Waals surface area (Å²) in [6.45, 7) is 8.63. The number of Topliss-reactive ketones (excluding diaryl/α,β-unsaturated/α-hetero) is 1. The monoisotopic (exact) mass is 321 g/mol. The van der Waals surface area contributed by atoms with Gasteiger partial charge in [-0.3, -0.25) is 9.59 Å². The summed E-state index contributed by atoms with van der Waals surface area (Å²) in [6, 6.07) is 7.97. The van der Waals surface area contributed by atoms with Crippen LogP contribution in [0.3, 0.4) is 0 Å². The van der Waals surface area contributed by atoms with E-state index in [9.17, 15) is 9.59 Å². The van der Waals surface area contributed by atoms with E-state index < -0.39 is 0 Å². The maximum atomic E-state index is 13.0. The fraction of sp³-hybridized carbons (Fsp3) is 0.429. The smallest absolute Gasteiger partial charge is 0.196 e. The van der Waals surface area contributed by atoms with Gasteiger partial charge in [0.25, 0.3) is 0 Å². The van der Waals surface area contributed by atoms with Crippen LogP contribution >= 0.6 is 0 Å². The van der Waals surface area contributed by atoms with Gasteiger partial charge in [0, 0.05) is 29.3 Å². The summed E-state index contributed by atoms with van der Waals surface area (Å²) in [5.41, 5.74) is 5.12. The van der Waals surface area contributed by atoms with Crippen LogP contribution in [0.2, 0.25) is 0 Å². The third kappa shape index (κ3) is 1.90. The number of hydrogen-bond acceptors (Lipinski definition) is 2.